The van der Waals surface area contributed by atoms with Gasteiger partial charge >= 0.3 is 0 Å². The highest BCUT2D eigenvalue weighted by atomic mass is 79.9. The number of nitrogens with one attached hydrogen (secondary N) is 1. The second-order valence-corrected chi connectivity index (χ2v) is 7.01. The highest BCUT2D eigenvalue weighted by Gasteiger charge is 2.13. The van der Waals surface area contributed by atoms with Gasteiger partial charge in [0.15, 0.2) is 5.13 Å². The third kappa shape index (κ3) is 3.65. The molecule has 0 radical (unpaired) electrons. The van der Waals surface area contributed by atoms with Crippen molar-refractivity contribution in [3.8, 4) is 11.3 Å². The average molecular weight is 391 g/mol. The molecule has 3 rings (SSSR count). The SMILES string of the molecule is Cc1sc(NC(=O)c2ccc(F)cc2)nc1-c1ccc(Br)cc1. The van der Waals surface area contributed by atoms with E-state index in [0.29, 0.717) is 10.7 Å². The molecule has 0 spiro atoms. The minimum Gasteiger partial charge on any atom is -0.298 e. The summed E-state index contributed by atoms with van der Waals surface area (Å²) in [6.45, 7) is 1.96. The topological polar surface area (TPSA) is 42.0 Å². The summed E-state index contributed by atoms with van der Waals surface area (Å²) in [4.78, 5) is 17.7. The third-order valence-corrected chi connectivity index (χ3v) is 4.66. The Balaban J connectivity index is 1.82. The van der Waals surface area contributed by atoms with Crippen molar-refractivity contribution in [2.24, 2.45) is 0 Å². The lowest BCUT2D eigenvalue weighted by Gasteiger charge is -2.01. The van der Waals surface area contributed by atoms with Crippen LogP contribution < -0.4 is 5.32 Å². The summed E-state index contributed by atoms with van der Waals surface area (Å²) in [7, 11) is 0. The van der Waals surface area contributed by atoms with Crippen LogP contribution in [-0.2, 0) is 0 Å². The van der Waals surface area contributed by atoms with Crippen LogP contribution in [0.2, 0.25) is 0 Å². The Morgan fingerprint density at radius 1 is 1.13 bits per heavy atom. The fourth-order valence-corrected chi connectivity index (χ4v) is 3.19. The Bertz CT molecular complexity index is 844. The molecular formula is C17H12BrFN2OS. The zero-order valence-corrected chi connectivity index (χ0v) is 14.5. The van der Waals surface area contributed by atoms with Crippen LogP contribution >= 0.6 is 27.3 Å². The molecule has 0 aliphatic heterocycles. The summed E-state index contributed by atoms with van der Waals surface area (Å²) >= 11 is 4.81. The lowest BCUT2D eigenvalue weighted by molar-refractivity contribution is 0.102. The number of carbonyl (C=O) groups excluding carboxylic acids is 1. The van der Waals surface area contributed by atoms with Crippen molar-refractivity contribution in [2.75, 3.05) is 5.32 Å². The molecule has 23 heavy (non-hydrogen) atoms. The molecule has 1 heterocycles. The van der Waals surface area contributed by atoms with Crippen molar-refractivity contribution < 1.29 is 9.18 Å². The summed E-state index contributed by atoms with van der Waals surface area (Å²) in [5.74, 6) is -0.676. The van der Waals surface area contributed by atoms with E-state index in [4.69, 9.17) is 0 Å². The molecule has 0 aliphatic rings. The standard InChI is InChI=1S/C17H12BrFN2OS/c1-10-15(11-2-6-13(18)7-3-11)20-17(23-10)21-16(22)12-4-8-14(19)9-5-12/h2-9H,1H3,(H,20,21,22). The van der Waals surface area contributed by atoms with Crippen molar-refractivity contribution in [3.63, 3.8) is 0 Å². The van der Waals surface area contributed by atoms with E-state index < -0.39 is 0 Å². The van der Waals surface area contributed by atoms with Crippen LogP contribution in [0.5, 0.6) is 0 Å². The van der Waals surface area contributed by atoms with Gasteiger partial charge in [-0.1, -0.05) is 28.1 Å². The molecular weight excluding hydrogens is 379 g/mol. The molecule has 0 unspecified atom stereocenters. The second-order valence-electron chi connectivity index (χ2n) is 4.89. The number of amides is 1. The Morgan fingerprint density at radius 3 is 2.43 bits per heavy atom. The first-order chi connectivity index (χ1) is 11.0. The third-order valence-electron chi connectivity index (χ3n) is 3.24. The molecule has 0 fully saturated rings. The Hall–Kier alpha value is -2.05. The predicted molar refractivity (Wildman–Crippen MR) is 94.3 cm³/mol. The fourth-order valence-electron chi connectivity index (χ4n) is 2.10. The minimum absolute atomic E-state index is 0.305. The van der Waals surface area contributed by atoms with Gasteiger partial charge in [-0.15, -0.1) is 11.3 Å². The number of aryl methyl sites for hydroxylation is 1. The van der Waals surface area contributed by atoms with E-state index in [1.165, 1.54) is 35.6 Å². The predicted octanol–water partition coefficient (Wildman–Crippen LogP) is 5.27. The highest BCUT2D eigenvalue weighted by Crippen LogP contribution is 2.31. The largest absolute Gasteiger partial charge is 0.298 e. The molecule has 3 nitrogen and oxygen atoms in total. The summed E-state index contributed by atoms with van der Waals surface area (Å²) in [6.07, 6.45) is 0. The van der Waals surface area contributed by atoms with Crippen LogP contribution in [0.15, 0.2) is 53.0 Å². The summed E-state index contributed by atoms with van der Waals surface area (Å²) in [5, 5.41) is 3.28. The normalized spacial score (nSPS) is 10.6. The monoisotopic (exact) mass is 390 g/mol. The second kappa shape index (κ2) is 6.60. The van der Waals surface area contributed by atoms with E-state index in [-0.39, 0.29) is 11.7 Å². The number of aromatic nitrogens is 1. The highest BCUT2D eigenvalue weighted by molar-refractivity contribution is 9.10. The number of carbonyl (C=O) groups is 1. The van der Waals surface area contributed by atoms with E-state index in [1.54, 1.807) is 0 Å². The minimum atomic E-state index is -0.371. The van der Waals surface area contributed by atoms with Gasteiger partial charge < -0.3 is 0 Å². The van der Waals surface area contributed by atoms with Crippen molar-refractivity contribution in [1.29, 1.82) is 0 Å². The average Bonchev–Trinajstić information content (AvgIpc) is 2.89. The van der Waals surface area contributed by atoms with E-state index in [0.717, 1.165) is 20.6 Å². The molecule has 1 aromatic heterocycles. The van der Waals surface area contributed by atoms with E-state index in [9.17, 15) is 9.18 Å². The lowest BCUT2D eigenvalue weighted by atomic mass is 10.1. The van der Waals surface area contributed by atoms with Crippen LogP contribution in [-0.4, -0.2) is 10.9 Å². The van der Waals surface area contributed by atoms with Gasteiger partial charge in [-0.3, -0.25) is 10.1 Å². The molecule has 0 saturated carbocycles. The molecule has 116 valence electrons. The quantitative estimate of drug-likeness (QED) is 0.661. The Labute approximate surface area is 145 Å². The molecule has 2 aromatic carbocycles. The van der Waals surface area contributed by atoms with Crippen LogP contribution in [0.1, 0.15) is 15.2 Å². The van der Waals surface area contributed by atoms with E-state index in [1.807, 2.05) is 31.2 Å². The van der Waals surface area contributed by atoms with Crippen LogP contribution in [0.25, 0.3) is 11.3 Å². The van der Waals surface area contributed by atoms with Crippen molar-refractivity contribution in [3.05, 3.63) is 69.3 Å². The summed E-state index contributed by atoms with van der Waals surface area (Å²) in [5.41, 5.74) is 2.23. The molecule has 6 heteroatoms. The Kier molecular flexibility index (Phi) is 4.54. The molecule has 0 saturated heterocycles. The number of halogens is 2. The van der Waals surface area contributed by atoms with E-state index >= 15 is 0 Å². The van der Waals surface area contributed by atoms with E-state index in [2.05, 4.69) is 26.2 Å². The molecule has 3 aromatic rings. The molecule has 0 bridgehead atoms. The van der Waals surface area contributed by atoms with Crippen molar-refractivity contribution in [2.45, 2.75) is 6.92 Å². The van der Waals surface area contributed by atoms with Gasteiger partial charge in [0.2, 0.25) is 0 Å². The number of hydrogen-bond acceptors (Lipinski definition) is 3. The fraction of sp³-hybridized carbons (Fsp3) is 0.0588. The lowest BCUT2D eigenvalue weighted by Crippen LogP contribution is -2.11. The molecule has 1 N–H and O–H groups in total. The van der Waals surface area contributed by atoms with Gasteiger partial charge in [0, 0.05) is 20.5 Å². The smallest absolute Gasteiger partial charge is 0.257 e. The molecule has 0 aliphatic carbocycles. The maximum Gasteiger partial charge on any atom is 0.257 e. The maximum atomic E-state index is 12.9. The first kappa shape index (κ1) is 15.8. The zero-order valence-electron chi connectivity index (χ0n) is 12.1. The Morgan fingerprint density at radius 2 is 1.78 bits per heavy atom. The number of hydrogen-bond donors (Lipinski definition) is 1. The number of nitrogens with zero attached hydrogens (tertiary/aromatic N) is 1. The van der Waals surface area contributed by atoms with Gasteiger partial charge in [0.05, 0.1) is 5.69 Å². The van der Waals surface area contributed by atoms with Gasteiger partial charge in [-0.25, -0.2) is 9.37 Å². The first-order valence-corrected chi connectivity index (χ1v) is 8.44. The number of rotatable bonds is 3. The summed E-state index contributed by atoms with van der Waals surface area (Å²) < 4.78 is 13.9. The zero-order chi connectivity index (χ0) is 16.4. The van der Waals surface area contributed by atoms with Crippen LogP contribution in [0, 0.1) is 12.7 Å². The molecule has 1 amide bonds. The van der Waals surface area contributed by atoms with Crippen LogP contribution in [0.4, 0.5) is 9.52 Å². The molecule has 0 atom stereocenters. The van der Waals surface area contributed by atoms with Gasteiger partial charge in [0.25, 0.3) is 5.91 Å². The van der Waals surface area contributed by atoms with Gasteiger partial charge in [-0.2, -0.15) is 0 Å². The summed E-state index contributed by atoms with van der Waals surface area (Å²) in [6, 6.07) is 13.2. The van der Waals surface area contributed by atoms with Crippen molar-refractivity contribution in [1.82, 2.24) is 4.98 Å². The maximum absolute atomic E-state index is 12.9. The van der Waals surface area contributed by atoms with Gasteiger partial charge in [0.1, 0.15) is 5.82 Å². The van der Waals surface area contributed by atoms with Crippen LogP contribution in [0.3, 0.4) is 0 Å². The first-order valence-electron chi connectivity index (χ1n) is 6.83. The number of benzene rings is 2. The number of thiazole rings is 1. The van der Waals surface area contributed by atoms with Crippen molar-refractivity contribution >= 4 is 38.3 Å². The number of anilines is 1. The van der Waals surface area contributed by atoms with Gasteiger partial charge in [-0.05, 0) is 43.3 Å².